The van der Waals surface area contributed by atoms with Gasteiger partial charge in [0.2, 0.25) is 0 Å². The minimum absolute atomic E-state index is 0.0343. The fraction of sp³-hybridized carbons (Fsp3) is 0.935. The summed E-state index contributed by atoms with van der Waals surface area (Å²) in [5.74, 6) is 1.45. The summed E-state index contributed by atoms with van der Waals surface area (Å²) in [5.41, 5.74) is 1.33. The monoisotopic (exact) mass is 488 g/mol. The first-order valence-corrected chi connectivity index (χ1v) is 14.4. The average molecular weight is 489 g/mol. The number of ether oxygens (including phenoxy) is 1. The van der Waals surface area contributed by atoms with Gasteiger partial charge >= 0.3 is 0 Å². The maximum atomic E-state index is 11.0. The van der Waals surface area contributed by atoms with Crippen LogP contribution in [0.3, 0.4) is 0 Å². The second-order valence-electron chi connectivity index (χ2n) is 15.4. The number of aliphatic hydroxyl groups excluding tert-OH is 2. The number of hydrogen-bond acceptors (Lipinski definition) is 4. The summed E-state index contributed by atoms with van der Waals surface area (Å²) in [7, 11) is 0. The molecule has 5 rings (SSSR count). The molecule has 3 N–H and O–H groups in total. The molecule has 5 aliphatic rings. The molecule has 10 unspecified atom stereocenters. The third-order valence-corrected chi connectivity index (χ3v) is 13.4. The molecule has 35 heavy (non-hydrogen) atoms. The highest BCUT2D eigenvalue weighted by Gasteiger charge is 2.69. The number of rotatable bonds is 2. The topological polar surface area (TPSA) is 69.9 Å². The second kappa shape index (κ2) is 7.80. The van der Waals surface area contributed by atoms with Gasteiger partial charge in [-0.2, -0.15) is 0 Å². The highest BCUT2D eigenvalue weighted by Crippen LogP contribution is 2.77. The Bertz CT molecular complexity index is 887. The second-order valence-corrected chi connectivity index (χ2v) is 15.4. The Hall–Kier alpha value is -0.420. The van der Waals surface area contributed by atoms with Crippen molar-refractivity contribution in [3.63, 3.8) is 0 Å². The molecular weight excluding hydrogens is 436 g/mol. The fourth-order valence-corrected chi connectivity index (χ4v) is 10.6. The Balaban J connectivity index is 1.46. The van der Waals surface area contributed by atoms with E-state index in [-0.39, 0.29) is 33.2 Å². The molecule has 10 atom stereocenters. The van der Waals surface area contributed by atoms with Crippen LogP contribution < -0.4 is 0 Å². The Morgan fingerprint density at radius 2 is 1.63 bits per heavy atom. The quantitative estimate of drug-likeness (QED) is 0.425. The van der Waals surface area contributed by atoms with Gasteiger partial charge in [-0.1, -0.05) is 53.2 Å². The van der Waals surface area contributed by atoms with Crippen LogP contribution in [0.4, 0.5) is 0 Å². The van der Waals surface area contributed by atoms with Crippen molar-refractivity contribution in [3.05, 3.63) is 11.6 Å². The zero-order valence-electron chi connectivity index (χ0n) is 23.7. The smallest absolute Gasteiger partial charge is 0.111 e. The van der Waals surface area contributed by atoms with Crippen molar-refractivity contribution in [1.82, 2.24) is 0 Å². The third kappa shape index (κ3) is 3.31. The van der Waals surface area contributed by atoms with Crippen LogP contribution in [-0.4, -0.2) is 45.8 Å². The lowest BCUT2D eigenvalue weighted by molar-refractivity contribution is -0.202. The largest absolute Gasteiger partial charge is 0.393 e. The molecule has 1 saturated heterocycles. The van der Waals surface area contributed by atoms with Gasteiger partial charge in [-0.3, -0.25) is 0 Å². The molecule has 0 aromatic rings. The Morgan fingerprint density at radius 3 is 2.26 bits per heavy atom. The molecule has 3 saturated carbocycles. The molecule has 0 aromatic carbocycles. The van der Waals surface area contributed by atoms with Gasteiger partial charge in [0.1, 0.15) is 6.10 Å². The fourth-order valence-electron chi connectivity index (χ4n) is 10.6. The van der Waals surface area contributed by atoms with Gasteiger partial charge in [0.05, 0.1) is 24.4 Å². The predicted molar refractivity (Wildman–Crippen MR) is 140 cm³/mol. The van der Waals surface area contributed by atoms with Crippen molar-refractivity contribution >= 4 is 0 Å². The van der Waals surface area contributed by atoms with E-state index in [9.17, 15) is 15.3 Å². The van der Waals surface area contributed by atoms with Gasteiger partial charge < -0.3 is 20.1 Å². The van der Waals surface area contributed by atoms with E-state index in [4.69, 9.17) is 4.74 Å². The van der Waals surface area contributed by atoms with Crippen LogP contribution >= 0.6 is 0 Å². The van der Waals surface area contributed by atoms with E-state index >= 15 is 0 Å². The molecule has 1 heterocycles. The first-order chi connectivity index (χ1) is 16.0. The van der Waals surface area contributed by atoms with Crippen molar-refractivity contribution in [3.8, 4) is 0 Å². The minimum Gasteiger partial charge on any atom is -0.393 e. The Morgan fingerprint density at radius 1 is 0.943 bits per heavy atom. The number of aliphatic hydroxyl groups is 3. The van der Waals surface area contributed by atoms with Crippen LogP contribution in [0.2, 0.25) is 0 Å². The lowest BCUT2D eigenvalue weighted by Crippen LogP contribution is -2.60. The summed E-state index contributed by atoms with van der Waals surface area (Å²) >= 11 is 0. The van der Waals surface area contributed by atoms with Gasteiger partial charge in [-0.15, -0.1) is 0 Å². The Kier molecular flexibility index (Phi) is 5.84. The van der Waals surface area contributed by atoms with Crippen LogP contribution in [0, 0.1) is 44.8 Å². The highest BCUT2D eigenvalue weighted by atomic mass is 16.5. The summed E-state index contributed by atoms with van der Waals surface area (Å²) in [6, 6.07) is 0. The third-order valence-electron chi connectivity index (χ3n) is 13.4. The molecule has 0 spiro atoms. The first kappa shape index (κ1) is 26.2. The van der Waals surface area contributed by atoms with Crippen molar-refractivity contribution in [1.29, 1.82) is 0 Å². The standard InChI is InChI=1S/C31H52O4/c1-26(2)23-10-9-21-20(28(23,5)13-12-24(26)33)11-14-31(8)29(6,15-16-30(21,31)7)19-17-22(32)25(35-18-19)27(3,4)34/h9,19-20,22-25,32-34H,10-18H2,1-8H3. The molecule has 200 valence electrons. The maximum Gasteiger partial charge on any atom is 0.111 e. The van der Waals surface area contributed by atoms with Crippen LogP contribution in [0.5, 0.6) is 0 Å². The number of fused-ring (bicyclic) bond motifs is 5. The molecule has 4 heteroatoms. The molecule has 0 aromatic heterocycles. The molecule has 4 nitrogen and oxygen atoms in total. The normalized spacial score (nSPS) is 53.9. The minimum atomic E-state index is -1.03. The molecule has 4 fully saturated rings. The summed E-state index contributed by atoms with van der Waals surface area (Å²) < 4.78 is 6.19. The van der Waals surface area contributed by atoms with Crippen molar-refractivity contribution in [2.75, 3.05) is 6.61 Å². The Labute approximate surface area is 213 Å². The SMILES string of the molecule is CC(C)(O)C1OCC(C2(C)CCC3(C)C4=CCC5C(C)(C)C(O)CCC5(C)C4CCC32C)CC1O. The van der Waals surface area contributed by atoms with E-state index in [1.54, 1.807) is 19.4 Å². The first-order valence-electron chi connectivity index (χ1n) is 14.4. The van der Waals surface area contributed by atoms with Crippen LogP contribution in [0.15, 0.2) is 11.6 Å². The van der Waals surface area contributed by atoms with Crippen molar-refractivity contribution in [2.45, 2.75) is 131 Å². The van der Waals surface area contributed by atoms with Crippen LogP contribution in [0.25, 0.3) is 0 Å². The molecule has 0 bridgehead atoms. The van der Waals surface area contributed by atoms with Crippen molar-refractivity contribution < 1.29 is 20.1 Å². The van der Waals surface area contributed by atoms with E-state index in [1.165, 1.54) is 25.7 Å². The van der Waals surface area contributed by atoms with Gasteiger partial charge in [-0.25, -0.2) is 0 Å². The average Bonchev–Trinajstić information content (AvgIpc) is 2.98. The maximum absolute atomic E-state index is 11.0. The molecule has 1 aliphatic heterocycles. The van der Waals surface area contributed by atoms with Crippen molar-refractivity contribution in [2.24, 2.45) is 44.8 Å². The van der Waals surface area contributed by atoms with E-state index in [2.05, 4.69) is 47.6 Å². The van der Waals surface area contributed by atoms with Gasteiger partial charge in [-0.05, 0) is 110 Å². The molecular formula is C31H52O4. The van der Waals surface area contributed by atoms with Crippen LogP contribution in [-0.2, 0) is 4.74 Å². The molecule has 0 radical (unpaired) electrons. The van der Waals surface area contributed by atoms with E-state index in [0.29, 0.717) is 30.8 Å². The number of hydrogen-bond donors (Lipinski definition) is 3. The van der Waals surface area contributed by atoms with Crippen LogP contribution in [0.1, 0.15) is 107 Å². The number of allylic oxidation sites excluding steroid dienone is 2. The predicted octanol–water partition coefficient (Wildman–Crippen LogP) is 5.88. The summed E-state index contributed by atoms with van der Waals surface area (Å²) in [5, 5.41) is 32.4. The van der Waals surface area contributed by atoms with E-state index in [1.807, 2.05) is 0 Å². The zero-order valence-corrected chi connectivity index (χ0v) is 23.7. The zero-order chi connectivity index (χ0) is 25.8. The molecule has 4 aliphatic carbocycles. The summed E-state index contributed by atoms with van der Waals surface area (Å²) in [4.78, 5) is 0. The van der Waals surface area contributed by atoms with Gasteiger partial charge in [0.15, 0.2) is 0 Å². The lowest BCUT2D eigenvalue weighted by Gasteiger charge is -2.65. The van der Waals surface area contributed by atoms with E-state index < -0.39 is 17.8 Å². The lowest BCUT2D eigenvalue weighted by atomic mass is 9.39. The highest BCUT2D eigenvalue weighted by molar-refractivity contribution is 5.34. The molecule has 0 amide bonds. The van der Waals surface area contributed by atoms with E-state index in [0.717, 1.165) is 19.3 Å². The summed E-state index contributed by atoms with van der Waals surface area (Å²) in [6.07, 6.45) is 9.98. The van der Waals surface area contributed by atoms with Gasteiger partial charge in [0, 0.05) is 0 Å². The summed E-state index contributed by atoms with van der Waals surface area (Å²) in [6.45, 7) is 18.9. The van der Waals surface area contributed by atoms with Gasteiger partial charge in [0.25, 0.3) is 0 Å².